The van der Waals surface area contributed by atoms with E-state index in [1.165, 1.54) is 36.9 Å². The van der Waals surface area contributed by atoms with E-state index in [0.29, 0.717) is 0 Å². The predicted octanol–water partition coefficient (Wildman–Crippen LogP) is 2.30. The first-order valence-electron chi connectivity index (χ1n) is 6.48. The zero-order chi connectivity index (χ0) is 11.1. The first-order chi connectivity index (χ1) is 7.74. The number of fused-ring (bicyclic) bond motifs is 2. The van der Waals surface area contributed by atoms with Crippen LogP contribution < -0.4 is 5.32 Å². The molecule has 2 fully saturated rings. The Labute approximate surface area is 97.0 Å². The fraction of sp³-hybridized carbons (Fsp3) is 0.769. The summed E-state index contributed by atoms with van der Waals surface area (Å²) in [7, 11) is 0. The lowest BCUT2D eigenvalue weighted by Gasteiger charge is -2.23. The lowest BCUT2D eigenvalue weighted by atomic mass is 9.95. The van der Waals surface area contributed by atoms with E-state index in [2.05, 4.69) is 29.4 Å². The van der Waals surface area contributed by atoms with E-state index >= 15 is 0 Å². The van der Waals surface area contributed by atoms with Crippen molar-refractivity contribution in [2.45, 2.75) is 52.1 Å². The molecule has 0 spiro atoms. The van der Waals surface area contributed by atoms with Crippen molar-refractivity contribution in [3.8, 4) is 0 Å². The summed E-state index contributed by atoms with van der Waals surface area (Å²) in [5, 5.41) is 11.0. The van der Waals surface area contributed by atoms with Crippen molar-refractivity contribution in [3.05, 3.63) is 17.0 Å². The fourth-order valence-corrected chi connectivity index (χ4v) is 3.56. The number of aromatic nitrogens is 2. The number of hydrogen-bond donors (Lipinski definition) is 2. The van der Waals surface area contributed by atoms with Crippen LogP contribution in [-0.4, -0.2) is 16.2 Å². The summed E-state index contributed by atoms with van der Waals surface area (Å²) in [6, 6.07) is 0.771. The van der Waals surface area contributed by atoms with Gasteiger partial charge in [0.05, 0.1) is 5.69 Å². The monoisotopic (exact) mass is 219 g/mol. The molecule has 3 unspecified atom stereocenters. The van der Waals surface area contributed by atoms with Gasteiger partial charge in [-0.2, -0.15) is 5.10 Å². The molecule has 1 heterocycles. The Morgan fingerprint density at radius 1 is 1.31 bits per heavy atom. The molecule has 2 bridgehead atoms. The van der Waals surface area contributed by atoms with Crippen LogP contribution in [0, 0.1) is 25.7 Å². The van der Waals surface area contributed by atoms with Crippen LogP contribution in [0.2, 0.25) is 0 Å². The van der Waals surface area contributed by atoms with Gasteiger partial charge in [-0.1, -0.05) is 6.42 Å². The molecular weight excluding hydrogens is 198 g/mol. The van der Waals surface area contributed by atoms with Crippen LogP contribution in [-0.2, 0) is 6.54 Å². The van der Waals surface area contributed by atoms with Crippen LogP contribution in [0.4, 0.5) is 0 Å². The zero-order valence-corrected chi connectivity index (χ0v) is 10.2. The molecule has 2 saturated carbocycles. The Morgan fingerprint density at radius 2 is 2.19 bits per heavy atom. The minimum atomic E-state index is 0.771. The maximum atomic E-state index is 4.24. The minimum absolute atomic E-state index is 0.771. The Balaban J connectivity index is 1.61. The number of nitrogens with zero attached hydrogens (tertiary/aromatic N) is 1. The van der Waals surface area contributed by atoms with Gasteiger partial charge in [-0.05, 0) is 44.9 Å². The molecule has 88 valence electrons. The highest BCUT2D eigenvalue weighted by atomic mass is 15.1. The van der Waals surface area contributed by atoms with Gasteiger partial charge in [0.25, 0.3) is 0 Å². The second-order valence-corrected chi connectivity index (χ2v) is 5.57. The molecule has 1 aromatic heterocycles. The summed E-state index contributed by atoms with van der Waals surface area (Å²) in [5.74, 6) is 1.98. The molecule has 0 aliphatic heterocycles. The maximum absolute atomic E-state index is 4.24. The van der Waals surface area contributed by atoms with Crippen molar-refractivity contribution in [1.82, 2.24) is 15.5 Å². The molecule has 2 aliphatic carbocycles. The molecule has 3 nitrogen and oxygen atoms in total. The highest BCUT2D eigenvalue weighted by Crippen LogP contribution is 2.44. The van der Waals surface area contributed by atoms with E-state index < -0.39 is 0 Å². The molecule has 0 aromatic carbocycles. The normalized spacial score (nSPS) is 32.5. The third kappa shape index (κ3) is 1.67. The van der Waals surface area contributed by atoms with Crippen LogP contribution in [0.5, 0.6) is 0 Å². The van der Waals surface area contributed by atoms with Crippen molar-refractivity contribution in [2.75, 3.05) is 0 Å². The highest BCUT2D eigenvalue weighted by Gasteiger charge is 2.39. The smallest absolute Gasteiger partial charge is 0.0638 e. The van der Waals surface area contributed by atoms with E-state index in [1.54, 1.807) is 0 Å². The van der Waals surface area contributed by atoms with E-state index in [4.69, 9.17) is 0 Å². The molecule has 2 aliphatic rings. The average Bonchev–Trinajstić information content (AvgIpc) is 2.94. The van der Waals surface area contributed by atoms with E-state index in [0.717, 1.165) is 30.1 Å². The zero-order valence-electron chi connectivity index (χ0n) is 10.2. The average molecular weight is 219 g/mol. The second kappa shape index (κ2) is 3.88. The first kappa shape index (κ1) is 10.3. The Hall–Kier alpha value is -0.830. The van der Waals surface area contributed by atoms with E-state index in [9.17, 15) is 0 Å². The lowest BCUT2D eigenvalue weighted by molar-refractivity contribution is 0.350. The summed E-state index contributed by atoms with van der Waals surface area (Å²) in [6.07, 6.45) is 5.81. The highest BCUT2D eigenvalue weighted by molar-refractivity contribution is 5.23. The number of aromatic amines is 1. The SMILES string of the molecule is Cc1n[nH]c(C)c1CNC1CC2CCC1C2. The Morgan fingerprint density at radius 3 is 2.75 bits per heavy atom. The van der Waals surface area contributed by atoms with Crippen molar-refractivity contribution in [1.29, 1.82) is 0 Å². The summed E-state index contributed by atoms with van der Waals surface area (Å²) >= 11 is 0. The van der Waals surface area contributed by atoms with Gasteiger partial charge < -0.3 is 5.32 Å². The van der Waals surface area contributed by atoms with Crippen LogP contribution >= 0.6 is 0 Å². The number of rotatable bonds is 3. The van der Waals surface area contributed by atoms with Gasteiger partial charge in [0.15, 0.2) is 0 Å². The Bertz CT molecular complexity index is 363. The standard InChI is InChI=1S/C13H21N3/c1-8-12(9(2)16-15-8)7-14-13-6-10-3-4-11(13)5-10/h10-11,13-14H,3-7H2,1-2H3,(H,15,16). The number of hydrogen-bond acceptors (Lipinski definition) is 2. The summed E-state index contributed by atoms with van der Waals surface area (Å²) in [5.41, 5.74) is 3.73. The van der Waals surface area contributed by atoms with Gasteiger partial charge in [0.1, 0.15) is 0 Å². The maximum Gasteiger partial charge on any atom is 0.0638 e. The van der Waals surface area contributed by atoms with Crippen molar-refractivity contribution in [2.24, 2.45) is 11.8 Å². The van der Waals surface area contributed by atoms with Gasteiger partial charge in [-0.15, -0.1) is 0 Å². The number of H-pyrrole nitrogens is 1. The molecule has 0 saturated heterocycles. The fourth-order valence-electron chi connectivity index (χ4n) is 3.56. The lowest BCUT2D eigenvalue weighted by Crippen LogP contribution is -2.33. The van der Waals surface area contributed by atoms with Gasteiger partial charge in [0, 0.05) is 23.8 Å². The topological polar surface area (TPSA) is 40.7 Å². The number of aryl methyl sites for hydroxylation is 2. The van der Waals surface area contributed by atoms with Crippen LogP contribution in [0.25, 0.3) is 0 Å². The van der Waals surface area contributed by atoms with E-state index in [-0.39, 0.29) is 0 Å². The third-order valence-corrected chi connectivity index (χ3v) is 4.56. The predicted molar refractivity (Wildman–Crippen MR) is 64.1 cm³/mol. The molecular formula is C13H21N3. The Kier molecular flexibility index (Phi) is 2.51. The first-order valence-corrected chi connectivity index (χ1v) is 6.48. The second-order valence-electron chi connectivity index (χ2n) is 5.57. The van der Waals surface area contributed by atoms with Gasteiger partial charge in [-0.3, -0.25) is 5.10 Å². The van der Waals surface area contributed by atoms with E-state index in [1.807, 2.05) is 0 Å². The minimum Gasteiger partial charge on any atom is -0.310 e. The van der Waals surface area contributed by atoms with Crippen LogP contribution in [0.1, 0.15) is 42.6 Å². The van der Waals surface area contributed by atoms with Crippen molar-refractivity contribution >= 4 is 0 Å². The molecule has 0 radical (unpaired) electrons. The molecule has 1 aromatic rings. The molecule has 2 N–H and O–H groups in total. The van der Waals surface area contributed by atoms with Gasteiger partial charge in [-0.25, -0.2) is 0 Å². The largest absolute Gasteiger partial charge is 0.310 e. The summed E-state index contributed by atoms with van der Waals surface area (Å²) in [6.45, 7) is 5.18. The molecule has 16 heavy (non-hydrogen) atoms. The molecule has 3 rings (SSSR count). The number of nitrogens with one attached hydrogen (secondary N) is 2. The summed E-state index contributed by atoms with van der Waals surface area (Å²) in [4.78, 5) is 0. The van der Waals surface area contributed by atoms with Gasteiger partial charge >= 0.3 is 0 Å². The molecule has 0 amide bonds. The quantitative estimate of drug-likeness (QED) is 0.819. The summed E-state index contributed by atoms with van der Waals surface area (Å²) < 4.78 is 0. The van der Waals surface area contributed by atoms with Crippen LogP contribution in [0.15, 0.2) is 0 Å². The van der Waals surface area contributed by atoms with Crippen LogP contribution in [0.3, 0.4) is 0 Å². The van der Waals surface area contributed by atoms with Gasteiger partial charge in [0.2, 0.25) is 0 Å². The third-order valence-electron chi connectivity index (χ3n) is 4.56. The molecule has 3 heteroatoms. The van der Waals surface area contributed by atoms with Crippen molar-refractivity contribution < 1.29 is 0 Å². The molecule has 3 atom stereocenters. The van der Waals surface area contributed by atoms with Crippen molar-refractivity contribution in [3.63, 3.8) is 0 Å².